The SMILES string of the molecule is Cc1cc2c(cnn2C2CCCCO2)c(Br)c1CC=O.ClCCl. The van der Waals surface area contributed by atoms with Crippen LogP contribution in [0, 0.1) is 6.92 Å². The molecule has 1 aliphatic rings. The number of carbonyl (C=O) groups excluding carboxylic acids is 1. The van der Waals surface area contributed by atoms with Gasteiger partial charge < -0.3 is 9.53 Å². The van der Waals surface area contributed by atoms with E-state index in [0.29, 0.717) is 6.42 Å². The van der Waals surface area contributed by atoms with E-state index in [0.717, 1.165) is 52.2 Å². The van der Waals surface area contributed by atoms with Crippen molar-refractivity contribution in [2.45, 2.75) is 38.8 Å². The van der Waals surface area contributed by atoms with Crippen LogP contribution in [0.1, 0.15) is 36.6 Å². The van der Waals surface area contributed by atoms with Crippen molar-refractivity contribution in [3.63, 3.8) is 0 Å². The Morgan fingerprint density at radius 1 is 1.48 bits per heavy atom. The fourth-order valence-corrected chi connectivity index (χ4v) is 3.57. The topological polar surface area (TPSA) is 44.1 Å². The molecule has 1 aliphatic heterocycles. The molecule has 0 aliphatic carbocycles. The number of rotatable bonds is 3. The number of fused-ring (bicyclic) bond motifs is 1. The van der Waals surface area contributed by atoms with Gasteiger partial charge >= 0.3 is 0 Å². The minimum atomic E-state index is 0.0319. The molecule has 0 N–H and O–H groups in total. The molecule has 1 aromatic heterocycles. The first-order chi connectivity index (χ1) is 11.1. The number of hydrogen-bond donors (Lipinski definition) is 0. The number of aldehydes is 1. The summed E-state index contributed by atoms with van der Waals surface area (Å²) in [5, 5.41) is 5.73. The molecule has 126 valence electrons. The summed E-state index contributed by atoms with van der Waals surface area (Å²) in [6.07, 6.45) is 6.55. The van der Waals surface area contributed by atoms with Crippen molar-refractivity contribution in [2.24, 2.45) is 0 Å². The third-order valence-corrected chi connectivity index (χ3v) is 4.79. The zero-order valence-electron chi connectivity index (χ0n) is 12.9. The van der Waals surface area contributed by atoms with Gasteiger partial charge in [0.05, 0.1) is 17.1 Å². The Balaban J connectivity index is 0.000000595. The molecule has 0 radical (unpaired) electrons. The lowest BCUT2D eigenvalue weighted by Gasteiger charge is -2.23. The van der Waals surface area contributed by atoms with Crippen LogP contribution in [0.2, 0.25) is 0 Å². The predicted molar refractivity (Wildman–Crippen MR) is 97.4 cm³/mol. The molecule has 1 unspecified atom stereocenters. The number of ether oxygens (including phenoxy) is 1. The van der Waals surface area contributed by atoms with Gasteiger partial charge in [-0.25, -0.2) is 4.68 Å². The highest BCUT2D eigenvalue weighted by Gasteiger charge is 2.20. The molecular weight excluding hydrogens is 403 g/mol. The quantitative estimate of drug-likeness (QED) is 0.519. The van der Waals surface area contributed by atoms with Gasteiger partial charge in [0, 0.05) is 22.9 Å². The van der Waals surface area contributed by atoms with Crippen molar-refractivity contribution in [3.8, 4) is 0 Å². The Morgan fingerprint density at radius 3 is 2.83 bits per heavy atom. The molecule has 7 heteroatoms. The molecule has 0 spiro atoms. The third kappa shape index (κ3) is 4.27. The summed E-state index contributed by atoms with van der Waals surface area (Å²) in [4.78, 5) is 10.8. The molecule has 2 aromatic rings. The number of halogens is 3. The number of nitrogens with zero attached hydrogens (tertiary/aromatic N) is 2. The molecule has 0 bridgehead atoms. The van der Waals surface area contributed by atoms with Crippen LogP contribution in [-0.2, 0) is 16.0 Å². The summed E-state index contributed by atoms with van der Waals surface area (Å²) in [6.45, 7) is 2.83. The number of hydrogen-bond acceptors (Lipinski definition) is 3. The van der Waals surface area contributed by atoms with E-state index in [1.54, 1.807) is 0 Å². The van der Waals surface area contributed by atoms with Crippen molar-refractivity contribution < 1.29 is 9.53 Å². The Hall–Kier alpha value is -0.620. The van der Waals surface area contributed by atoms with Gasteiger partial charge in [-0.2, -0.15) is 5.10 Å². The highest BCUT2D eigenvalue weighted by atomic mass is 79.9. The monoisotopic (exact) mass is 420 g/mol. The number of benzene rings is 1. The average molecular weight is 422 g/mol. The predicted octanol–water partition coefficient (Wildman–Crippen LogP) is 4.97. The van der Waals surface area contributed by atoms with E-state index in [1.165, 1.54) is 6.42 Å². The van der Waals surface area contributed by atoms with Gasteiger partial charge in [-0.3, -0.25) is 0 Å². The zero-order valence-corrected chi connectivity index (χ0v) is 16.0. The highest BCUT2D eigenvalue weighted by molar-refractivity contribution is 9.10. The Morgan fingerprint density at radius 2 is 2.22 bits per heavy atom. The van der Waals surface area contributed by atoms with Crippen molar-refractivity contribution in [1.29, 1.82) is 0 Å². The number of alkyl halides is 2. The first-order valence-electron chi connectivity index (χ1n) is 7.46. The fourth-order valence-electron chi connectivity index (χ4n) is 2.79. The number of aryl methyl sites for hydroxylation is 1. The zero-order chi connectivity index (χ0) is 16.8. The molecule has 23 heavy (non-hydrogen) atoms. The van der Waals surface area contributed by atoms with Crippen molar-refractivity contribution in [1.82, 2.24) is 9.78 Å². The minimum absolute atomic E-state index is 0.0319. The second kappa shape index (κ2) is 9.02. The molecule has 0 amide bonds. The first kappa shape index (κ1) is 18.7. The number of carbonyl (C=O) groups is 1. The van der Waals surface area contributed by atoms with E-state index in [9.17, 15) is 4.79 Å². The second-order valence-electron chi connectivity index (χ2n) is 5.30. The largest absolute Gasteiger partial charge is 0.356 e. The molecule has 3 rings (SSSR count). The van der Waals surface area contributed by atoms with Gasteiger partial charge in [0.1, 0.15) is 6.29 Å². The van der Waals surface area contributed by atoms with Crippen LogP contribution < -0.4 is 0 Å². The van der Waals surface area contributed by atoms with Gasteiger partial charge in [0.2, 0.25) is 0 Å². The summed E-state index contributed by atoms with van der Waals surface area (Å²) in [5.74, 6) is 0. The lowest BCUT2D eigenvalue weighted by atomic mass is 10.0. The third-order valence-electron chi connectivity index (χ3n) is 3.88. The van der Waals surface area contributed by atoms with Crippen molar-refractivity contribution in [3.05, 3.63) is 27.9 Å². The molecule has 2 heterocycles. The maximum Gasteiger partial charge on any atom is 0.150 e. The summed E-state index contributed by atoms with van der Waals surface area (Å²) in [5.41, 5.74) is 3.21. The van der Waals surface area contributed by atoms with Gasteiger partial charge in [0.15, 0.2) is 6.23 Å². The Labute approximate surface area is 154 Å². The molecule has 1 fully saturated rings. The van der Waals surface area contributed by atoms with Crippen LogP contribution in [0.3, 0.4) is 0 Å². The maximum atomic E-state index is 10.8. The molecule has 0 saturated carbocycles. The van der Waals surface area contributed by atoms with Gasteiger partial charge in [-0.15, -0.1) is 23.2 Å². The van der Waals surface area contributed by atoms with Crippen LogP contribution in [0.4, 0.5) is 0 Å². The standard InChI is InChI=1S/C15H17BrN2O2.CH2Cl2/c1-10-8-13-12(15(16)11(10)5-6-19)9-17-18(13)14-4-2-3-7-20-14;2-1-3/h6,8-9,14H,2-5,7H2,1H3;1H2. The van der Waals surface area contributed by atoms with Crippen LogP contribution in [-0.4, -0.2) is 28.0 Å². The normalized spacial score (nSPS) is 17.7. The van der Waals surface area contributed by atoms with Gasteiger partial charge in [-0.1, -0.05) is 0 Å². The first-order valence-corrected chi connectivity index (χ1v) is 9.32. The molecule has 4 nitrogen and oxygen atoms in total. The maximum absolute atomic E-state index is 10.8. The van der Waals surface area contributed by atoms with E-state index >= 15 is 0 Å². The Bertz CT molecular complexity index is 670. The summed E-state index contributed by atoms with van der Waals surface area (Å²) < 4.78 is 8.76. The van der Waals surface area contributed by atoms with E-state index in [1.807, 2.05) is 17.8 Å². The smallest absolute Gasteiger partial charge is 0.150 e. The fraction of sp³-hybridized carbons (Fsp3) is 0.500. The lowest BCUT2D eigenvalue weighted by molar-refractivity contribution is -0.107. The summed E-state index contributed by atoms with van der Waals surface area (Å²) >= 11 is 13.1. The van der Waals surface area contributed by atoms with E-state index in [-0.39, 0.29) is 11.6 Å². The lowest BCUT2D eigenvalue weighted by Crippen LogP contribution is -2.19. The molecule has 1 saturated heterocycles. The molecular formula is C16H19BrCl2N2O2. The highest BCUT2D eigenvalue weighted by Crippen LogP contribution is 2.33. The van der Waals surface area contributed by atoms with E-state index in [2.05, 4.69) is 27.1 Å². The Kier molecular flexibility index (Phi) is 7.34. The van der Waals surface area contributed by atoms with Crippen LogP contribution >= 0.6 is 39.1 Å². The van der Waals surface area contributed by atoms with E-state index < -0.39 is 0 Å². The van der Waals surface area contributed by atoms with Crippen LogP contribution in [0.25, 0.3) is 10.9 Å². The number of aromatic nitrogens is 2. The van der Waals surface area contributed by atoms with E-state index in [4.69, 9.17) is 27.9 Å². The summed E-state index contributed by atoms with van der Waals surface area (Å²) in [6, 6.07) is 2.10. The van der Waals surface area contributed by atoms with Crippen LogP contribution in [0.15, 0.2) is 16.7 Å². The van der Waals surface area contributed by atoms with Crippen molar-refractivity contribution in [2.75, 3.05) is 11.9 Å². The van der Waals surface area contributed by atoms with Gasteiger partial charge in [-0.05, 0) is 59.3 Å². The average Bonchev–Trinajstić information content (AvgIpc) is 2.97. The van der Waals surface area contributed by atoms with Crippen molar-refractivity contribution >= 4 is 56.3 Å². The van der Waals surface area contributed by atoms with Gasteiger partial charge in [0.25, 0.3) is 0 Å². The van der Waals surface area contributed by atoms with Crippen LogP contribution in [0.5, 0.6) is 0 Å². The minimum Gasteiger partial charge on any atom is -0.356 e. The molecule has 1 atom stereocenters. The second-order valence-corrected chi connectivity index (χ2v) is 6.90. The molecule has 1 aromatic carbocycles. The summed E-state index contributed by atoms with van der Waals surface area (Å²) in [7, 11) is 0.